The molecule has 0 atom stereocenters. The van der Waals surface area contributed by atoms with E-state index in [1.807, 2.05) is 6.07 Å². The van der Waals surface area contributed by atoms with E-state index in [4.69, 9.17) is 14.2 Å². The van der Waals surface area contributed by atoms with Gasteiger partial charge in [0, 0.05) is 29.6 Å². The third-order valence-corrected chi connectivity index (χ3v) is 4.51. The van der Waals surface area contributed by atoms with E-state index < -0.39 is 0 Å². The Balaban J connectivity index is 1.57. The quantitative estimate of drug-likeness (QED) is 0.526. The molecule has 0 bridgehead atoms. The van der Waals surface area contributed by atoms with Gasteiger partial charge in [0.2, 0.25) is 5.75 Å². The van der Waals surface area contributed by atoms with Gasteiger partial charge in [-0.1, -0.05) is 5.21 Å². The fourth-order valence-corrected chi connectivity index (χ4v) is 3.05. The number of benzene rings is 2. The van der Waals surface area contributed by atoms with Crippen LogP contribution >= 0.6 is 0 Å². The number of hydrogen-bond acceptors (Lipinski definition) is 7. The maximum Gasteiger partial charge on any atom is 0.255 e. The number of aromatic nitrogens is 4. The Labute approximate surface area is 172 Å². The molecule has 0 aliphatic rings. The van der Waals surface area contributed by atoms with E-state index in [1.54, 1.807) is 53.3 Å². The van der Waals surface area contributed by atoms with Crippen LogP contribution in [0.1, 0.15) is 10.4 Å². The third-order valence-electron chi connectivity index (χ3n) is 4.51. The molecule has 9 nitrogen and oxygen atoms in total. The fraction of sp³-hybridized carbons (Fsp3) is 0.143. The van der Waals surface area contributed by atoms with Gasteiger partial charge in [-0.25, -0.2) is 4.98 Å². The molecule has 0 saturated carbocycles. The van der Waals surface area contributed by atoms with Gasteiger partial charge in [0.15, 0.2) is 17.1 Å². The van der Waals surface area contributed by atoms with Gasteiger partial charge in [0.1, 0.15) is 5.52 Å². The number of ether oxygens (including phenoxy) is 3. The van der Waals surface area contributed by atoms with E-state index in [0.29, 0.717) is 39.7 Å². The summed E-state index contributed by atoms with van der Waals surface area (Å²) in [5.74, 6) is 1.08. The Morgan fingerprint density at radius 2 is 1.67 bits per heavy atom. The van der Waals surface area contributed by atoms with Crippen LogP contribution in [0.2, 0.25) is 0 Å². The van der Waals surface area contributed by atoms with Crippen LogP contribution in [0.3, 0.4) is 0 Å². The van der Waals surface area contributed by atoms with Gasteiger partial charge < -0.3 is 19.5 Å². The molecule has 0 saturated heterocycles. The van der Waals surface area contributed by atoms with Crippen molar-refractivity contribution in [3.05, 3.63) is 60.3 Å². The smallest absolute Gasteiger partial charge is 0.255 e. The van der Waals surface area contributed by atoms with E-state index in [2.05, 4.69) is 20.6 Å². The predicted octanol–water partition coefficient (Wildman–Crippen LogP) is 3.09. The molecule has 1 amide bonds. The average Bonchev–Trinajstić information content (AvgIpc) is 3.22. The Bertz CT molecular complexity index is 1180. The van der Waals surface area contributed by atoms with Crippen molar-refractivity contribution in [2.24, 2.45) is 0 Å². The summed E-state index contributed by atoms with van der Waals surface area (Å²) in [7, 11) is 4.56. The lowest BCUT2D eigenvalue weighted by atomic mass is 10.2. The van der Waals surface area contributed by atoms with Crippen molar-refractivity contribution in [2.75, 3.05) is 26.6 Å². The van der Waals surface area contributed by atoms with Crippen molar-refractivity contribution >= 4 is 22.8 Å². The highest BCUT2D eigenvalue weighted by Gasteiger charge is 2.15. The van der Waals surface area contributed by atoms with E-state index in [0.717, 1.165) is 5.69 Å². The number of hydrogen-bond donors (Lipinski definition) is 1. The second-order valence-corrected chi connectivity index (χ2v) is 6.26. The summed E-state index contributed by atoms with van der Waals surface area (Å²) in [6.45, 7) is 0. The molecule has 4 rings (SSSR count). The molecular weight excluding hydrogens is 386 g/mol. The van der Waals surface area contributed by atoms with Gasteiger partial charge in [0.05, 0.1) is 27.0 Å². The van der Waals surface area contributed by atoms with Crippen LogP contribution in [0.15, 0.2) is 54.7 Å². The van der Waals surface area contributed by atoms with Crippen molar-refractivity contribution in [1.82, 2.24) is 20.0 Å². The van der Waals surface area contributed by atoms with Gasteiger partial charge in [-0.3, -0.25) is 4.79 Å². The van der Waals surface area contributed by atoms with Crippen LogP contribution in [-0.2, 0) is 0 Å². The Morgan fingerprint density at radius 3 is 2.30 bits per heavy atom. The number of amides is 1. The molecule has 4 aromatic rings. The van der Waals surface area contributed by atoms with Crippen molar-refractivity contribution in [3.8, 4) is 22.9 Å². The molecule has 0 unspecified atom stereocenters. The highest BCUT2D eigenvalue weighted by atomic mass is 16.5. The number of fused-ring (bicyclic) bond motifs is 1. The van der Waals surface area contributed by atoms with Crippen LogP contribution in [0, 0.1) is 0 Å². The van der Waals surface area contributed by atoms with Gasteiger partial charge in [-0.2, -0.15) is 4.68 Å². The van der Waals surface area contributed by atoms with Crippen molar-refractivity contribution < 1.29 is 19.0 Å². The number of carbonyl (C=O) groups excluding carboxylic acids is 1. The summed E-state index contributed by atoms with van der Waals surface area (Å²) in [5, 5.41) is 11.1. The van der Waals surface area contributed by atoms with Crippen LogP contribution in [0.25, 0.3) is 16.9 Å². The summed E-state index contributed by atoms with van der Waals surface area (Å²) >= 11 is 0. The topological polar surface area (TPSA) is 100 Å². The molecule has 0 aliphatic carbocycles. The lowest BCUT2D eigenvalue weighted by molar-refractivity contribution is 0.102. The van der Waals surface area contributed by atoms with Gasteiger partial charge in [-0.15, -0.1) is 5.10 Å². The lowest BCUT2D eigenvalue weighted by Crippen LogP contribution is -2.12. The summed E-state index contributed by atoms with van der Waals surface area (Å²) in [5.41, 5.74) is 3.09. The molecule has 0 spiro atoms. The lowest BCUT2D eigenvalue weighted by Gasteiger charge is -2.14. The first-order chi connectivity index (χ1) is 14.6. The standard InChI is InChI=1S/C21H19N5O4/c1-28-17-11-14(12-18(29-2)19(17)30-3)23-21(27)13-6-8-15(9-7-13)26-20-16(24-25-26)5-4-10-22-20/h4-12H,1-3H3,(H,23,27). The zero-order valence-electron chi connectivity index (χ0n) is 16.6. The maximum atomic E-state index is 12.7. The largest absolute Gasteiger partial charge is 0.493 e. The first-order valence-electron chi connectivity index (χ1n) is 9.03. The minimum atomic E-state index is -0.280. The predicted molar refractivity (Wildman–Crippen MR) is 111 cm³/mol. The third kappa shape index (κ3) is 3.48. The normalized spacial score (nSPS) is 10.6. The summed E-state index contributed by atoms with van der Waals surface area (Å²) in [6, 6.07) is 14.0. The highest BCUT2D eigenvalue weighted by Crippen LogP contribution is 2.40. The highest BCUT2D eigenvalue weighted by molar-refractivity contribution is 6.04. The van der Waals surface area contributed by atoms with Crippen LogP contribution in [-0.4, -0.2) is 47.2 Å². The van der Waals surface area contributed by atoms with E-state index in [9.17, 15) is 4.79 Å². The van der Waals surface area contributed by atoms with Crippen LogP contribution in [0.4, 0.5) is 5.69 Å². The first-order valence-corrected chi connectivity index (χ1v) is 9.03. The monoisotopic (exact) mass is 405 g/mol. The van der Waals surface area contributed by atoms with Crippen molar-refractivity contribution in [1.29, 1.82) is 0 Å². The Morgan fingerprint density at radius 1 is 0.967 bits per heavy atom. The Hall–Kier alpha value is -4.14. The summed E-state index contributed by atoms with van der Waals surface area (Å²) in [4.78, 5) is 17.0. The average molecular weight is 405 g/mol. The fourth-order valence-electron chi connectivity index (χ4n) is 3.05. The molecule has 152 valence electrons. The summed E-state index contributed by atoms with van der Waals surface area (Å²) < 4.78 is 17.6. The number of nitrogens with one attached hydrogen (secondary N) is 1. The molecule has 2 aromatic heterocycles. The van der Waals surface area contributed by atoms with E-state index in [1.165, 1.54) is 21.3 Å². The zero-order chi connectivity index (χ0) is 21.1. The number of nitrogens with zero attached hydrogens (tertiary/aromatic N) is 4. The molecule has 30 heavy (non-hydrogen) atoms. The zero-order valence-corrected chi connectivity index (χ0v) is 16.6. The van der Waals surface area contributed by atoms with E-state index >= 15 is 0 Å². The molecule has 0 aliphatic heterocycles. The van der Waals surface area contributed by atoms with Gasteiger partial charge >= 0.3 is 0 Å². The maximum absolute atomic E-state index is 12.7. The number of anilines is 1. The number of carbonyl (C=O) groups is 1. The minimum Gasteiger partial charge on any atom is -0.493 e. The number of methoxy groups -OCH3 is 3. The molecule has 0 radical (unpaired) electrons. The van der Waals surface area contributed by atoms with Gasteiger partial charge in [0.25, 0.3) is 5.91 Å². The molecule has 9 heteroatoms. The second kappa shape index (κ2) is 8.08. The number of rotatable bonds is 6. The first kappa shape index (κ1) is 19.2. The van der Waals surface area contributed by atoms with Crippen LogP contribution in [0.5, 0.6) is 17.2 Å². The second-order valence-electron chi connectivity index (χ2n) is 6.26. The minimum absolute atomic E-state index is 0.280. The molecule has 2 aromatic carbocycles. The van der Waals surface area contributed by atoms with Crippen molar-refractivity contribution in [3.63, 3.8) is 0 Å². The molecular formula is C21H19N5O4. The van der Waals surface area contributed by atoms with Crippen molar-refractivity contribution in [2.45, 2.75) is 0 Å². The van der Waals surface area contributed by atoms with E-state index in [-0.39, 0.29) is 5.91 Å². The number of pyridine rings is 1. The SMILES string of the molecule is COc1cc(NC(=O)c2ccc(-n3nnc4cccnc43)cc2)cc(OC)c1OC. The van der Waals surface area contributed by atoms with Gasteiger partial charge in [-0.05, 0) is 36.4 Å². The molecule has 0 fully saturated rings. The Kier molecular flexibility index (Phi) is 5.17. The summed E-state index contributed by atoms with van der Waals surface area (Å²) in [6.07, 6.45) is 1.68. The molecule has 1 N–H and O–H groups in total. The molecule has 2 heterocycles. The van der Waals surface area contributed by atoms with Crippen LogP contribution < -0.4 is 19.5 Å².